The maximum atomic E-state index is 12.9. The van der Waals surface area contributed by atoms with E-state index in [2.05, 4.69) is 10.2 Å². The molecule has 8 heteroatoms. The van der Waals surface area contributed by atoms with E-state index in [4.69, 9.17) is 4.74 Å². The molecule has 0 aliphatic carbocycles. The molecule has 30 heavy (non-hydrogen) atoms. The second-order valence-corrected chi connectivity index (χ2v) is 9.16. The van der Waals surface area contributed by atoms with Crippen molar-refractivity contribution in [1.29, 1.82) is 0 Å². The summed E-state index contributed by atoms with van der Waals surface area (Å²) in [5, 5.41) is 2.89. The first kappa shape index (κ1) is 22.1. The van der Waals surface area contributed by atoms with Gasteiger partial charge in [0.15, 0.2) is 0 Å². The van der Waals surface area contributed by atoms with Crippen molar-refractivity contribution in [2.24, 2.45) is 0 Å². The zero-order valence-electron chi connectivity index (χ0n) is 17.5. The largest absolute Gasteiger partial charge is 0.378 e. The van der Waals surface area contributed by atoms with Gasteiger partial charge in [0.25, 0.3) is 0 Å². The summed E-state index contributed by atoms with van der Waals surface area (Å²) in [4.78, 5) is 15.2. The predicted octanol–water partition coefficient (Wildman–Crippen LogP) is 2.38. The van der Waals surface area contributed by atoms with Crippen molar-refractivity contribution >= 4 is 27.3 Å². The molecule has 1 unspecified atom stereocenters. The second-order valence-electron chi connectivity index (χ2n) is 7.30. The Morgan fingerprint density at radius 2 is 1.73 bits per heavy atom. The molecule has 2 aromatic rings. The van der Waals surface area contributed by atoms with E-state index < -0.39 is 16.1 Å². The fraction of sp³-hybridized carbons (Fsp3) is 0.409. The number of anilines is 2. The second kappa shape index (κ2) is 9.95. The number of sulfonamides is 1. The van der Waals surface area contributed by atoms with Gasteiger partial charge in [-0.25, -0.2) is 8.42 Å². The minimum atomic E-state index is -3.62. The van der Waals surface area contributed by atoms with Crippen LogP contribution >= 0.6 is 0 Å². The average molecular weight is 432 g/mol. The lowest BCUT2D eigenvalue weighted by atomic mass is 10.1. The number of nitrogens with zero attached hydrogens (tertiary/aromatic N) is 2. The molecule has 0 spiro atoms. The van der Waals surface area contributed by atoms with Gasteiger partial charge in [-0.3, -0.25) is 9.10 Å². The average Bonchev–Trinajstić information content (AvgIpc) is 2.76. The summed E-state index contributed by atoms with van der Waals surface area (Å²) in [6, 6.07) is 16.0. The molecule has 1 N–H and O–H groups in total. The van der Waals surface area contributed by atoms with Crippen LogP contribution in [0.5, 0.6) is 0 Å². The number of amides is 1. The summed E-state index contributed by atoms with van der Waals surface area (Å²) in [5.74, 6) is -0.316. The van der Waals surface area contributed by atoms with Gasteiger partial charge in [0, 0.05) is 25.3 Å². The number of rotatable bonds is 8. The number of morpholine rings is 1. The third-order valence-electron chi connectivity index (χ3n) is 5.12. The Morgan fingerprint density at radius 1 is 1.10 bits per heavy atom. The van der Waals surface area contributed by atoms with Crippen LogP contribution in [0.3, 0.4) is 0 Å². The highest BCUT2D eigenvalue weighted by Gasteiger charge is 2.31. The highest BCUT2D eigenvalue weighted by molar-refractivity contribution is 7.92. The molecule has 1 heterocycles. The minimum Gasteiger partial charge on any atom is -0.378 e. The summed E-state index contributed by atoms with van der Waals surface area (Å²) in [6.07, 6.45) is 1.49. The fourth-order valence-corrected chi connectivity index (χ4v) is 4.80. The topological polar surface area (TPSA) is 79.0 Å². The van der Waals surface area contributed by atoms with E-state index in [0.29, 0.717) is 18.7 Å². The first-order valence-electron chi connectivity index (χ1n) is 10.1. The Morgan fingerprint density at radius 3 is 2.30 bits per heavy atom. The number of hydrogen-bond donors (Lipinski definition) is 1. The number of carbonyl (C=O) groups excluding carboxylic acids is 1. The fourth-order valence-electron chi connectivity index (χ4n) is 3.59. The summed E-state index contributed by atoms with van der Waals surface area (Å²) < 4.78 is 31.4. The lowest BCUT2D eigenvalue weighted by Gasteiger charge is -2.30. The van der Waals surface area contributed by atoms with E-state index in [1.807, 2.05) is 37.3 Å². The van der Waals surface area contributed by atoms with E-state index in [9.17, 15) is 13.2 Å². The minimum absolute atomic E-state index is 0.316. The van der Waals surface area contributed by atoms with Crippen molar-refractivity contribution in [3.8, 4) is 0 Å². The summed E-state index contributed by atoms with van der Waals surface area (Å²) in [5.41, 5.74) is 2.57. The number of benzene rings is 2. The molecule has 1 atom stereocenters. The molecule has 0 saturated carbocycles. The van der Waals surface area contributed by atoms with Crippen LogP contribution < -0.4 is 14.5 Å². The van der Waals surface area contributed by atoms with Crippen LogP contribution in [-0.4, -0.2) is 52.9 Å². The number of ether oxygens (including phenoxy) is 1. The maximum absolute atomic E-state index is 12.9. The number of nitrogens with one attached hydrogen (secondary N) is 1. The molecule has 0 bridgehead atoms. The van der Waals surface area contributed by atoms with Crippen molar-refractivity contribution < 1.29 is 17.9 Å². The first-order valence-corrected chi connectivity index (χ1v) is 12.0. The zero-order valence-corrected chi connectivity index (χ0v) is 18.3. The summed E-state index contributed by atoms with van der Waals surface area (Å²) in [6.45, 7) is 5.35. The molecule has 1 fully saturated rings. The molecule has 7 nitrogen and oxygen atoms in total. The van der Waals surface area contributed by atoms with E-state index in [1.165, 1.54) is 4.31 Å². The van der Waals surface area contributed by atoms with E-state index in [0.717, 1.165) is 43.8 Å². The highest BCUT2D eigenvalue weighted by atomic mass is 32.2. The van der Waals surface area contributed by atoms with Crippen LogP contribution in [0.25, 0.3) is 0 Å². The van der Waals surface area contributed by atoms with Crippen molar-refractivity contribution in [3.63, 3.8) is 0 Å². The van der Waals surface area contributed by atoms with Gasteiger partial charge in [0.05, 0.1) is 25.2 Å². The van der Waals surface area contributed by atoms with Crippen LogP contribution in [0, 0.1) is 0 Å². The Balaban J connectivity index is 1.67. The molecule has 1 aliphatic rings. The zero-order chi connectivity index (χ0) is 21.6. The van der Waals surface area contributed by atoms with Crippen molar-refractivity contribution in [2.45, 2.75) is 25.9 Å². The molecule has 1 aliphatic heterocycles. The summed E-state index contributed by atoms with van der Waals surface area (Å²) >= 11 is 0. The van der Waals surface area contributed by atoms with Crippen molar-refractivity contribution in [1.82, 2.24) is 5.32 Å². The molecule has 0 radical (unpaired) electrons. The molecular weight excluding hydrogens is 402 g/mol. The first-order chi connectivity index (χ1) is 14.4. The van der Waals surface area contributed by atoms with Crippen LogP contribution in [-0.2, 0) is 26.1 Å². The van der Waals surface area contributed by atoms with Crippen molar-refractivity contribution in [3.05, 3.63) is 60.2 Å². The molecule has 0 aromatic heterocycles. The monoisotopic (exact) mass is 431 g/mol. The standard InChI is InChI=1S/C22H29N3O4S/c1-3-21(25(30(2,27)28)20-7-5-4-6-8-20)22(26)23-17-18-9-11-19(12-10-18)24-13-15-29-16-14-24/h4-12,21H,3,13-17H2,1-2H3,(H,23,26). The lowest BCUT2D eigenvalue weighted by molar-refractivity contribution is -0.122. The number of carbonyl (C=O) groups is 1. The van der Waals surface area contributed by atoms with Crippen molar-refractivity contribution in [2.75, 3.05) is 41.8 Å². The summed E-state index contributed by atoms with van der Waals surface area (Å²) in [7, 11) is -3.62. The van der Waals surface area contributed by atoms with Crippen LogP contribution in [0.1, 0.15) is 18.9 Å². The molecule has 3 rings (SSSR count). The molecule has 2 aromatic carbocycles. The smallest absolute Gasteiger partial charge is 0.244 e. The normalized spacial score (nSPS) is 15.5. The predicted molar refractivity (Wildman–Crippen MR) is 119 cm³/mol. The third kappa shape index (κ3) is 5.52. The van der Waals surface area contributed by atoms with E-state index in [-0.39, 0.29) is 5.91 Å². The van der Waals surface area contributed by atoms with Gasteiger partial charge in [0.2, 0.25) is 15.9 Å². The Labute approximate surface area is 178 Å². The molecule has 1 saturated heterocycles. The highest BCUT2D eigenvalue weighted by Crippen LogP contribution is 2.22. The maximum Gasteiger partial charge on any atom is 0.244 e. The van der Waals surface area contributed by atoms with Gasteiger partial charge in [-0.1, -0.05) is 37.3 Å². The Bertz CT molecular complexity index is 927. The molecular formula is C22H29N3O4S. The van der Waals surface area contributed by atoms with Crippen LogP contribution in [0.2, 0.25) is 0 Å². The lowest BCUT2D eigenvalue weighted by Crippen LogP contribution is -2.49. The Hall–Kier alpha value is -2.58. The third-order valence-corrected chi connectivity index (χ3v) is 6.30. The Kier molecular flexibility index (Phi) is 7.33. The molecule has 1 amide bonds. The van der Waals surface area contributed by atoms with Gasteiger partial charge in [-0.05, 0) is 36.2 Å². The number of para-hydroxylation sites is 1. The van der Waals surface area contributed by atoms with Gasteiger partial charge < -0.3 is 15.0 Å². The molecule has 162 valence electrons. The van der Waals surface area contributed by atoms with E-state index in [1.54, 1.807) is 24.3 Å². The van der Waals surface area contributed by atoms with Crippen LogP contribution in [0.15, 0.2) is 54.6 Å². The SMILES string of the molecule is CCC(C(=O)NCc1ccc(N2CCOCC2)cc1)N(c1ccccc1)S(C)(=O)=O. The van der Waals surface area contributed by atoms with Gasteiger partial charge in [-0.2, -0.15) is 0 Å². The van der Waals surface area contributed by atoms with Crippen LogP contribution in [0.4, 0.5) is 11.4 Å². The van der Waals surface area contributed by atoms with Gasteiger partial charge in [-0.15, -0.1) is 0 Å². The van der Waals surface area contributed by atoms with E-state index >= 15 is 0 Å². The quantitative estimate of drug-likeness (QED) is 0.694. The number of hydrogen-bond acceptors (Lipinski definition) is 5. The van der Waals surface area contributed by atoms with Gasteiger partial charge >= 0.3 is 0 Å². The van der Waals surface area contributed by atoms with Gasteiger partial charge in [0.1, 0.15) is 6.04 Å².